The van der Waals surface area contributed by atoms with Gasteiger partial charge in [-0.3, -0.25) is 52.7 Å². The molecular weight excluding hydrogens is 1240 g/mol. The van der Waals surface area contributed by atoms with Crippen LogP contribution < -0.4 is 59.7 Å². The number of para-hydroxylation sites is 1. The molecule has 10 atom stereocenters. The van der Waals surface area contributed by atoms with Crippen LogP contribution in [-0.2, 0) is 83.2 Å². The third kappa shape index (κ3) is 22.4. The van der Waals surface area contributed by atoms with Gasteiger partial charge in [-0.05, 0) is 103 Å². The van der Waals surface area contributed by atoms with Crippen LogP contribution in [0.3, 0.4) is 0 Å². The molecule has 5 aromatic rings. The number of carboxylic acids is 2. The second-order valence-corrected chi connectivity index (χ2v) is 24.6. The van der Waals surface area contributed by atoms with Gasteiger partial charge >= 0.3 is 11.9 Å². The number of aromatic hydroxyl groups is 2. The third-order valence-corrected chi connectivity index (χ3v) is 16.2. The van der Waals surface area contributed by atoms with Crippen LogP contribution in [-0.4, -0.2) is 175 Å². The first kappa shape index (κ1) is 74.6. The maximum Gasteiger partial charge on any atom is 0.326 e. The van der Waals surface area contributed by atoms with E-state index in [0.29, 0.717) is 39.6 Å². The smallest absolute Gasteiger partial charge is 0.326 e. The number of fused-ring (bicyclic) bond motifs is 1. The fourth-order valence-corrected chi connectivity index (χ4v) is 11.0. The van der Waals surface area contributed by atoms with Crippen molar-refractivity contribution in [1.29, 1.82) is 0 Å². The van der Waals surface area contributed by atoms with Gasteiger partial charge in [0.2, 0.25) is 59.1 Å². The molecular formula is C67H87N13O16. The molecule has 10 amide bonds. The standard InChI is InChI=1S/C67H87N13O16/c1-36(2)28-47(73-58(86)46(16-10-26-68)72-65(93)57(70)37(3)4)59(87)78-52(30-39-18-22-42(81)23-19-39)66(94)80-27-11-17-54(80)64(92)77-49(32-41-35-71-45-15-9-8-14-44(41)45)61(89)74-48(29-38-12-6-5-7-13-38)60(88)75-50(33-55(69)83)62(90)76-51(34-56(84)85)63(91)79-53(67(95)96)31-40-20-24-43(82)25-21-40/h5-9,12-15,18-25,35-37,46-54,57,71,81-82H,10-11,16-17,26-34,68,70H2,1-4H3,(H2,69,83)(H,72,93)(H,73,86)(H,74,89)(H,75,88)(H,76,90)(H,77,92)(H,78,87)(H,79,91)(H,84,85)(H,95,96)/t46-,47-,48-,49-,50-,51-,52-,53-,54-,57-/m0/s1. The molecule has 516 valence electrons. The Morgan fingerprint density at radius 2 is 1.01 bits per heavy atom. The Labute approximate surface area is 554 Å². The molecule has 0 unspecified atom stereocenters. The summed E-state index contributed by atoms with van der Waals surface area (Å²) in [6.07, 6.45) is -0.473. The lowest BCUT2D eigenvalue weighted by Crippen LogP contribution is -2.61. The van der Waals surface area contributed by atoms with Crippen molar-refractivity contribution in [3.05, 3.63) is 132 Å². The second kappa shape index (κ2) is 35.7. The highest BCUT2D eigenvalue weighted by Crippen LogP contribution is 2.24. The lowest BCUT2D eigenvalue weighted by molar-refractivity contribution is -0.144. The molecule has 0 spiro atoms. The van der Waals surface area contributed by atoms with Crippen LogP contribution in [0.25, 0.3) is 10.9 Å². The number of aromatic nitrogens is 1. The molecule has 6 rings (SSSR count). The minimum Gasteiger partial charge on any atom is -0.508 e. The molecule has 1 aliphatic heterocycles. The predicted molar refractivity (Wildman–Crippen MR) is 350 cm³/mol. The second-order valence-electron chi connectivity index (χ2n) is 24.6. The largest absolute Gasteiger partial charge is 0.508 e. The molecule has 29 nitrogen and oxygen atoms in total. The number of likely N-dealkylation sites (tertiary alicyclic amines) is 1. The third-order valence-electron chi connectivity index (χ3n) is 16.2. The Balaban J connectivity index is 1.28. The minimum absolute atomic E-state index is 0.0103. The average molecular weight is 1330 g/mol. The molecule has 0 aliphatic carbocycles. The molecule has 4 aromatic carbocycles. The van der Waals surface area contributed by atoms with Gasteiger partial charge in [-0.1, -0.05) is 100 Å². The van der Waals surface area contributed by atoms with Crippen LogP contribution in [0.1, 0.15) is 94.9 Å². The SMILES string of the molecule is CC(C)C[C@H](NC(=O)[C@H](CCCN)NC(=O)[C@@H](N)C(C)C)C(=O)N[C@@H](Cc1ccc(O)cc1)C(=O)N1CCC[C@H]1C(=O)N[C@@H](Cc1c[nH]c2ccccc12)C(=O)N[C@@H](Cc1ccccc1)C(=O)N[C@@H](CC(N)=O)C(=O)N[C@@H](CC(=O)O)C(=O)N[C@@H](Cc1ccc(O)cc1)C(=O)O. The molecule has 1 aliphatic rings. The number of primary amides is 1. The van der Waals surface area contributed by atoms with Gasteiger partial charge in [0.25, 0.3) is 0 Å². The molecule has 96 heavy (non-hydrogen) atoms. The molecule has 0 bridgehead atoms. The molecule has 29 heteroatoms. The zero-order valence-electron chi connectivity index (χ0n) is 53.9. The monoisotopic (exact) mass is 1330 g/mol. The van der Waals surface area contributed by atoms with Crippen molar-refractivity contribution in [2.45, 2.75) is 159 Å². The first-order valence-corrected chi connectivity index (χ1v) is 31.7. The maximum atomic E-state index is 15.2. The van der Waals surface area contributed by atoms with E-state index in [1.54, 1.807) is 86.8 Å². The Bertz CT molecular complexity index is 3550. The Morgan fingerprint density at radius 3 is 1.57 bits per heavy atom. The van der Waals surface area contributed by atoms with Crippen molar-refractivity contribution in [2.75, 3.05) is 13.1 Å². The van der Waals surface area contributed by atoms with E-state index in [4.69, 9.17) is 17.2 Å². The summed E-state index contributed by atoms with van der Waals surface area (Å²) in [5, 5.41) is 60.9. The van der Waals surface area contributed by atoms with Crippen molar-refractivity contribution in [2.24, 2.45) is 29.0 Å². The van der Waals surface area contributed by atoms with Gasteiger partial charge in [0.15, 0.2) is 0 Å². The number of aliphatic carboxylic acids is 2. The van der Waals surface area contributed by atoms with Gasteiger partial charge in [-0.2, -0.15) is 0 Å². The van der Waals surface area contributed by atoms with Gasteiger partial charge < -0.3 is 90.0 Å². The molecule has 0 radical (unpaired) electrons. The predicted octanol–water partition coefficient (Wildman–Crippen LogP) is -0.0779. The first-order valence-electron chi connectivity index (χ1n) is 31.7. The fraction of sp³-hybridized carbons (Fsp3) is 0.433. The van der Waals surface area contributed by atoms with Crippen LogP contribution in [0.5, 0.6) is 11.5 Å². The molecule has 1 aromatic heterocycles. The van der Waals surface area contributed by atoms with Crippen LogP contribution in [0.2, 0.25) is 0 Å². The molecule has 19 N–H and O–H groups in total. The zero-order valence-corrected chi connectivity index (χ0v) is 53.9. The number of rotatable bonds is 36. The molecule has 2 heterocycles. The Kier molecular flexibility index (Phi) is 27.8. The molecule has 1 fully saturated rings. The number of carbonyl (C=O) groups excluding carboxylic acids is 10. The number of carboxylic acid groups (broad SMARTS) is 2. The number of phenolic OH excluding ortho intramolecular Hbond substituents is 2. The zero-order chi connectivity index (χ0) is 70.3. The lowest BCUT2D eigenvalue weighted by atomic mass is 9.99. The summed E-state index contributed by atoms with van der Waals surface area (Å²) in [5.41, 5.74) is 20.0. The van der Waals surface area contributed by atoms with E-state index in [9.17, 15) is 63.6 Å². The minimum atomic E-state index is -1.99. The fourth-order valence-electron chi connectivity index (χ4n) is 11.0. The number of benzene rings is 4. The number of hydrogen-bond donors (Lipinski definition) is 16. The maximum absolute atomic E-state index is 15.2. The van der Waals surface area contributed by atoms with Crippen molar-refractivity contribution in [3.63, 3.8) is 0 Å². The lowest BCUT2D eigenvalue weighted by Gasteiger charge is -2.31. The van der Waals surface area contributed by atoms with E-state index in [0.717, 1.165) is 0 Å². The summed E-state index contributed by atoms with van der Waals surface area (Å²) in [5.74, 6) is -13.1. The highest BCUT2D eigenvalue weighted by atomic mass is 16.4. The van der Waals surface area contributed by atoms with Crippen LogP contribution in [0.4, 0.5) is 0 Å². The molecule has 0 saturated carbocycles. The summed E-state index contributed by atoms with van der Waals surface area (Å²) in [7, 11) is 0. The van der Waals surface area contributed by atoms with E-state index in [-0.39, 0.29) is 87.8 Å². The molecule has 1 saturated heterocycles. The Morgan fingerprint density at radius 1 is 0.542 bits per heavy atom. The van der Waals surface area contributed by atoms with E-state index < -0.39 is 144 Å². The van der Waals surface area contributed by atoms with E-state index >= 15 is 14.4 Å². The highest BCUT2D eigenvalue weighted by Gasteiger charge is 2.41. The number of H-pyrrole nitrogens is 1. The first-order chi connectivity index (χ1) is 45.6. The summed E-state index contributed by atoms with van der Waals surface area (Å²) >= 11 is 0. The van der Waals surface area contributed by atoms with Crippen LogP contribution in [0.15, 0.2) is 109 Å². The van der Waals surface area contributed by atoms with Crippen LogP contribution >= 0.6 is 0 Å². The van der Waals surface area contributed by atoms with E-state index in [1.807, 2.05) is 13.8 Å². The van der Waals surface area contributed by atoms with Gasteiger partial charge in [0.05, 0.1) is 18.9 Å². The number of carbonyl (C=O) groups is 12. The quantitative estimate of drug-likeness (QED) is 0.0249. The number of nitrogens with two attached hydrogens (primary N) is 3. The van der Waals surface area contributed by atoms with Gasteiger partial charge in [-0.25, -0.2) is 4.79 Å². The highest BCUT2D eigenvalue weighted by molar-refractivity contribution is 6.00. The normalized spacial score (nSPS) is 15.7. The summed E-state index contributed by atoms with van der Waals surface area (Å²) in [6.45, 7) is 7.35. The summed E-state index contributed by atoms with van der Waals surface area (Å²) < 4.78 is 0. The van der Waals surface area contributed by atoms with Crippen molar-refractivity contribution >= 4 is 81.9 Å². The van der Waals surface area contributed by atoms with Gasteiger partial charge in [-0.15, -0.1) is 0 Å². The number of hydrogen-bond acceptors (Lipinski definition) is 16. The average Bonchev–Trinajstić information content (AvgIpc) is 1.60. The van der Waals surface area contributed by atoms with Crippen molar-refractivity contribution in [1.82, 2.24) is 52.4 Å². The number of nitrogens with zero attached hydrogens (tertiary/aromatic N) is 1. The van der Waals surface area contributed by atoms with Gasteiger partial charge in [0.1, 0.15) is 65.9 Å². The van der Waals surface area contributed by atoms with Crippen molar-refractivity contribution in [3.8, 4) is 11.5 Å². The number of aromatic amines is 1. The van der Waals surface area contributed by atoms with Crippen LogP contribution in [0, 0.1) is 11.8 Å². The summed E-state index contributed by atoms with van der Waals surface area (Å²) in [4.78, 5) is 171. The number of nitrogens with one attached hydrogen (secondary N) is 9. The topological polar surface area (TPSA) is 479 Å². The van der Waals surface area contributed by atoms with Gasteiger partial charge in [0, 0.05) is 49.3 Å². The number of amides is 10. The van der Waals surface area contributed by atoms with Crippen molar-refractivity contribution < 1.29 is 78.0 Å². The Hall–Kier alpha value is -10.4. The summed E-state index contributed by atoms with van der Waals surface area (Å²) in [6, 6.07) is 11.9. The van der Waals surface area contributed by atoms with E-state index in [2.05, 4.69) is 47.5 Å². The number of phenols is 2. The van der Waals surface area contributed by atoms with E-state index in [1.165, 1.54) is 41.3 Å².